The maximum absolute atomic E-state index is 13.1. The monoisotopic (exact) mass is 483 g/mol. The first-order chi connectivity index (χ1) is 15.8. The molecule has 0 radical (unpaired) electrons. The van der Waals surface area contributed by atoms with Gasteiger partial charge in [-0.3, -0.25) is 0 Å². The first-order valence-electron chi connectivity index (χ1n) is 9.94. The number of benzene rings is 2. The van der Waals surface area contributed by atoms with Gasteiger partial charge in [0.1, 0.15) is 11.6 Å². The van der Waals surface area contributed by atoms with E-state index in [-0.39, 0.29) is 23.1 Å². The summed E-state index contributed by atoms with van der Waals surface area (Å²) in [7, 11) is -3.80. The van der Waals surface area contributed by atoms with Gasteiger partial charge >= 0.3 is 0 Å². The largest absolute Gasteiger partial charge is 0.341 e. The summed E-state index contributed by atoms with van der Waals surface area (Å²) < 4.78 is 46.9. The van der Waals surface area contributed by atoms with E-state index in [1.165, 1.54) is 29.5 Å². The normalized spacial score (nSPS) is 12.0. The van der Waals surface area contributed by atoms with Crippen molar-refractivity contribution in [3.63, 3.8) is 0 Å². The van der Waals surface area contributed by atoms with E-state index in [1.54, 1.807) is 19.1 Å². The van der Waals surface area contributed by atoms with Crippen molar-refractivity contribution in [3.8, 4) is 22.2 Å². The molecule has 5 rings (SSSR count). The number of hydrogen-bond donors (Lipinski definition) is 2. The molecule has 0 aliphatic carbocycles. The van der Waals surface area contributed by atoms with Gasteiger partial charge in [0.25, 0.3) is 5.89 Å². The molecule has 168 valence electrons. The van der Waals surface area contributed by atoms with E-state index >= 15 is 0 Å². The predicted molar refractivity (Wildman–Crippen MR) is 123 cm³/mol. The summed E-state index contributed by atoms with van der Waals surface area (Å²) in [6.45, 7) is 3.71. The van der Waals surface area contributed by atoms with E-state index in [9.17, 15) is 12.8 Å². The van der Waals surface area contributed by atoms with Crippen LogP contribution in [0.3, 0.4) is 0 Å². The molecule has 5 aromatic rings. The lowest BCUT2D eigenvalue weighted by molar-refractivity contribution is 0.433. The molecule has 0 fully saturated rings. The van der Waals surface area contributed by atoms with Crippen molar-refractivity contribution in [3.05, 3.63) is 70.6 Å². The highest BCUT2D eigenvalue weighted by atomic mass is 32.2. The molecule has 0 aliphatic heterocycles. The molecule has 0 amide bonds. The number of rotatable bonds is 6. The number of nitrogens with one attached hydrogen (secondary N) is 2. The smallest absolute Gasteiger partial charge is 0.268 e. The zero-order chi connectivity index (χ0) is 23.2. The fourth-order valence-corrected chi connectivity index (χ4v) is 5.88. The second-order valence-corrected chi connectivity index (χ2v) is 10.5. The Bertz CT molecular complexity index is 1570. The minimum absolute atomic E-state index is 0.0238. The number of thiophene rings is 1. The number of aromatic amines is 1. The molecule has 11 heteroatoms. The summed E-state index contributed by atoms with van der Waals surface area (Å²) in [6, 6.07) is 13.0. The molecule has 2 aromatic carbocycles. The Kier molecular flexibility index (Phi) is 5.31. The highest BCUT2D eigenvalue weighted by Gasteiger charge is 2.23. The van der Waals surface area contributed by atoms with Gasteiger partial charge < -0.3 is 9.51 Å². The standard InChI is InChI=1S/C22H18FN5O3S2/c1-12-3-8-16-17(9-12)26-20(25-16)11-24-33(29,30)19-10-18(32-13(19)2)22-27-21(28-31-22)14-4-6-15(23)7-5-14/h3-10,24H,11H2,1-2H3,(H,25,26). The Morgan fingerprint density at radius 1 is 1.09 bits per heavy atom. The van der Waals surface area contributed by atoms with E-state index in [1.807, 2.05) is 25.1 Å². The number of H-pyrrole nitrogens is 1. The van der Waals surface area contributed by atoms with Crippen molar-refractivity contribution in [2.75, 3.05) is 0 Å². The molecular formula is C22H18FN5O3S2. The molecule has 3 aromatic heterocycles. The summed E-state index contributed by atoms with van der Waals surface area (Å²) in [5.74, 6) is 0.639. The average Bonchev–Trinajstić information content (AvgIpc) is 3.50. The van der Waals surface area contributed by atoms with Crippen molar-refractivity contribution in [2.24, 2.45) is 0 Å². The maximum Gasteiger partial charge on any atom is 0.268 e. The molecule has 8 nitrogen and oxygen atoms in total. The van der Waals surface area contributed by atoms with Crippen LogP contribution in [0.25, 0.3) is 33.2 Å². The molecule has 0 saturated heterocycles. The van der Waals surface area contributed by atoms with Crippen LogP contribution in [0.4, 0.5) is 4.39 Å². The lowest BCUT2D eigenvalue weighted by Gasteiger charge is -2.04. The van der Waals surface area contributed by atoms with Crippen molar-refractivity contribution in [2.45, 2.75) is 25.3 Å². The molecule has 3 heterocycles. The minimum atomic E-state index is -3.80. The third-order valence-electron chi connectivity index (χ3n) is 5.02. The summed E-state index contributed by atoms with van der Waals surface area (Å²) >= 11 is 1.23. The summed E-state index contributed by atoms with van der Waals surface area (Å²) in [5.41, 5.74) is 3.31. The Labute approximate surface area is 192 Å². The molecular weight excluding hydrogens is 465 g/mol. The molecule has 2 N–H and O–H groups in total. The van der Waals surface area contributed by atoms with Gasteiger partial charge in [0.15, 0.2) is 0 Å². The van der Waals surface area contributed by atoms with Crippen molar-refractivity contribution >= 4 is 32.4 Å². The zero-order valence-electron chi connectivity index (χ0n) is 17.6. The van der Waals surface area contributed by atoms with Crippen LogP contribution in [0, 0.1) is 19.7 Å². The molecule has 0 atom stereocenters. The molecule has 0 unspecified atom stereocenters. The third-order valence-corrected chi connectivity index (χ3v) is 7.71. The highest BCUT2D eigenvalue weighted by Crippen LogP contribution is 2.33. The van der Waals surface area contributed by atoms with E-state index in [4.69, 9.17) is 4.52 Å². The Balaban J connectivity index is 1.36. The van der Waals surface area contributed by atoms with E-state index in [0.29, 0.717) is 27.0 Å². The number of hydrogen-bond acceptors (Lipinski definition) is 7. The van der Waals surface area contributed by atoms with Crippen LogP contribution in [-0.2, 0) is 16.6 Å². The first-order valence-corrected chi connectivity index (χ1v) is 12.2. The molecule has 0 saturated carbocycles. The summed E-state index contributed by atoms with van der Waals surface area (Å²) in [5, 5.41) is 3.92. The van der Waals surface area contributed by atoms with Gasteiger partial charge in [-0.1, -0.05) is 11.2 Å². The minimum Gasteiger partial charge on any atom is -0.341 e. The van der Waals surface area contributed by atoms with Crippen LogP contribution < -0.4 is 4.72 Å². The third kappa shape index (κ3) is 4.30. The number of aromatic nitrogens is 4. The van der Waals surface area contributed by atoms with Gasteiger partial charge in [-0.25, -0.2) is 22.5 Å². The van der Waals surface area contributed by atoms with E-state index < -0.39 is 10.0 Å². The second kappa shape index (κ2) is 8.18. The van der Waals surface area contributed by atoms with Gasteiger partial charge in [-0.05, 0) is 61.9 Å². The number of sulfonamides is 1. The fraction of sp³-hybridized carbons (Fsp3) is 0.136. The highest BCUT2D eigenvalue weighted by molar-refractivity contribution is 7.89. The van der Waals surface area contributed by atoms with Gasteiger partial charge in [0.05, 0.1) is 27.4 Å². The van der Waals surface area contributed by atoms with Crippen molar-refractivity contribution < 1.29 is 17.3 Å². The number of fused-ring (bicyclic) bond motifs is 1. The number of halogens is 1. The Hall–Kier alpha value is -3.41. The fourth-order valence-electron chi connectivity index (χ4n) is 3.38. The first kappa shape index (κ1) is 21.4. The zero-order valence-corrected chi connectivity index (χ0v) is 19.2. The Morgan fingerprint density at radius 3 is 2.67 bits per heavy atom. The van der Waals surface area contributed by atoms with E-state index in [2.05, 4.69) is 24.8 Å². The van der Waals surface area contributed by atoms with Crippen LogP contribution in [0.2, 0.25) is 0 Å². The average molecular weight is 484 g/mol. The molecule has 33 heavy (non-hydrogen) atoms. The number of nitrogens with zero attached hydrogens (tertiary/aromatic N) is 3. The quantitative estimate of drug-likeness (QED) is 0.366. The van der Waals surface area contributed by atoms with Gasteiger partial charge in [-0.2, -0.15) is 4.98 Å². The van der Waals surface area contributed by atoms with Crippen molar-refractivity contribution in [1.82, 2.24) is 24.8 Å². The molecule has 0 aliphatic rings. The summed E-state index contributed by atoms with van der Waals surface area (Å²) in [6.07, 6.45) is 0. The van der Waals surface area contributed by atoms with Gasteiger partial charge in [0, 0.05) is 10.4 Å². The van der Waals surface area contributed by atoms with Crippen LogP contribution >= 0.6 is 11.3 Å². The number of imidazole rings is 1. The predicted octanol–water partition coefficient (Wildman–Crippen LogP) is 4.58. The SMILES string of the molecule is Cc1ccc2nc(CNS(=O)(=O)c3cc(-c4nc(-c5ccc(F)cc5)no4)sc3C)[nH]c2c1. The van der Waals surface area contributed by atoms with Crippen LogP contribution in [-0.4, -0.2) is 28.5 Å². The topological polar surface area (TPSA) is 114 Å². The maximum atomic E-state index is 13.1. The lowest BCUT2D eigenvalue weighted by atomic mass is 10.2. The van der Waals surface area contributed by atoms with Crippen LogP contribution in [0.1, 0.15) is 16.3 Å². The lowest BCUT2D eigenvalue weighted by Crippen LogP contribution is -2.24. The van der Waals surface area contributed by atoms with Crippen LogP contribution in [0.5, 0.6) is 0 Å². The molecule has 0 spiro atoms. The second-order valence-electron chi connectivity index (χ2n) is 7.49. The van der Waals surface area contributed by atoms with Gasteiger partial charge in [0.2, 0.25) is 15.8 Å². The number of aryl methyl sites for hydroxylation is 2. The van der Waals surface area contributed by atoms with E-state index in [0.717, 1.165) is 16.6 Å². The summed E-state index contributed by atoms with van der Waals surface area (Å²) in [4.78, 5) is 13.1. The Morgan fingerprint density at radius 2 is 1.88 bits per heavy atom. The molecule has 0 bridgehead atoms. The van der Waals surface area contributed by atoms with Gasteiger partial charge in [-0.15, -0.1) is 11.3 Å². The van der Waals surface area contributed by atoms with Crippen molar-refractivity contribution in [1.29, 1.82) is 0 Å². The van der Waals surface area contributed by atoms with Crippen LogP contribution in [0.15, 0.2) is 57.9 Å².